The van der Waals surface area contributed by atoms with Gasteiger partial charge in [0, 0.05) is 19.3 Å². The summed E-state index contributed by atoms with van der Waals surface area (Å²) in [5.74, 6) is -1.91. The van der Waals surface area contributed by atoms with E-state index in [0.29, 0.717) is 51.4 Å². The minimum atomic E-state index is -4.91. The number of para-hydroxylation sites is 2. The summed E-state index contributed by atoms with van der Waals surface area (Å²) in [5.41, 5.74) is 0.900. The number of aliphatic hydroxyl groups excluding tert-OH is 1. The molecule has 111 heavy (non-hydrogen) atoms. The number of phosphoric acid groups is 1. The molecule has 1 aliphatic rings. The van der Waals surface area contributed by atoms with Gasteiger partial charge in [-0.2, -0.15) is 0 Å². The number of phosphoric ester groups is 1. The molecule has 0 aromatic heterocycles. The van der Waals surface area contributed by atoms with Gasteiger partial charge in [0.2, 0.25) is 5.91 Å². The van der Waals surface area contributed by atoms with Gasteiger partial charge in [-0.25, -0.2) is 4.57 Å². The quantitative estimate of drug-likeness (QED) is 0.0206. The predicted molar refractivity (Wildman–Crippen MR) is 443 cm³/mol. The molecule has 3 N–H and O–H groups in total. The summed E-state index contributed by atoms with van der Waals surface area (Å²) >= 11 is 0. The van der Waals surface area contributed by atoms with Crippen molar-refractivity contribution in [3.8, 4) is 11.5 Å². The van der Waals surface area contributed by atoms with Crippen LogP contribution in [0.2, 0.25) is 0 Å². The lowest BCUT2D eigenvalue weighted by molar-refractivity contribution is -0.273. The lowest BCUT2D eigenvalue weighted by Crippen LogP contribution is -2.66. The van der Waals surface area contributed by atoms with Crippen LogP contribution in [-0.4, -0.2) is 116 Å². The number of amides is 1. The average molecular weight is 1580 g/mol. The van der Waals surface area contributed by atoms with Crippen LogP contribution in [0.25, 0.3) is 0 Å². The number of nitrogens with one attached hydrogen (secondary N) is 2. The summed E-state index contributed by atoms with van der Waals surface area (Å²) in [6, 6.07) is 24.3. The second-order valence-electron chi connectivity index (χ2n) is 30.9. The van der Waals surface area contributed by atoms with Gasteiger partial charge in [0.1, 0.15) is 42.0 Å². The third-order valence-corrected chi connectivity index (χ3v) is 22.0. The SMILES string of the molecule is CCCCCCCCCCC[C@H](CCN[C@H]1[C@H](OC[C@H](COCc2ccccc2)NC(=O)C[C@@H](CCCCCCCCCCC)OC(=O)CCCCCC)O[C@H](CO)[C@@H](OP(=O)(Oc2ccccc2)Oc2ccccc2)[C@@H]1OC(=O)C[C@@H](CCCCCCCCCCC)OC(=O)CCCCCC)OC(=O)CCCCCC. The van der Waals surface area contributed by atoms with Crippen molar-refractivity contribution in [2.75, 3.05) is 26.4 Å². The number of carbonyl (C=O) groups is 5. The van der Waals surface area contributed by atoms with Crippen molar-refractivity contribution >= 4 is 37.6 Å². The van der Waals surface area contributed by atoms with E-state index in [1.165, 1.54) is 89.9 Å². The monoisotopic (exact) mass is 1580 g/mol. The number of rotatable bonds is 72. The molecule has 1 aliphatic heterocycles. The molecule has 1 saturated heterocycles. The average Bonchev–Trinajstić information content (AvgIpc) is 0.774. The predicted octanol–water partition coefficient (Wildman–Crippen LogP) is 22.5. The minimum Gasteiger partial charge on any atom is -0.462 e. The first-order valence-electron chi connectivity index (χ1n) is 44.3. The first-order chi connectivity index (χ1) is 54.2. The first kappa shape index (κ1) is 98.0. The van der Waals surface area contributed by atoms with Crippen LogP contribution in [0.4, 0.5) is 0 Å². The molecule has 20 heteroatoms. The molecule has 4 rings (SSSR count). The zero-order valence-electron chi connectivity index (χ0n) is 69.8. The molecule has 1 amide bonds. The second kappa shape index (κ2) is 64.8. The number of benzene rings is 3. The van der Waals surface area contributed by atoms with Gasteiger partial charge in [-0.15, -0.1) is 0 Å². The number of unbranched alkanes of at least 4 members (excludes halogenated alkanes) is 33. The second-order valence-corrected chi connectivity index (χ2v) is 32.4. The largest absolute Gasteiger partial charge is 0.588 e. The van der Waals surface area contributed by atoms with E-state index in [0.717, 1.165) is 140 Å². The molecule has 19 nitrogen and oxygen atoms in total. The van der Waals surface area contributed by atoms with Crippen molar-refractivity contribution in [3.05, 3.63) is 96.6 Å². The number of aliphatic hydroxyl groups is 1. The van der Waals surface area contributed by atoms with Crippen molar-refractivity contribution in [3.63, 3.8) is 0 Å². The fraction of sp³-hybridized carbons (Fsp3) is 0.747. The van der Waals surface area contributed by atoms with Gasteiger partial charge >= 0.3 is 31.7 Å². The van der Waals surface area contributed by atoms with E-state index in [1.807, 2.05) is 30.3 Å². The Balaban J connectivity index is 1.86. The highest BCUT2D eigenvalue weighted by Crippen LogP contribution is 2.52. The van der Waals surface area contributed by atoms with E-state index in [9.17, 15) is 24.3 Å². The van der Waals surface area contributed by atoms with Gasteiger partial charge in [0.15, 0.2) is 12.4 Å². The summed E-state index contributed by atoms with van der Waals surface area (Å²) < 4.78 is 80.8. The molecule has 3 aromatic rings. The van der Waals surface area contributed by atoms with Gasteiger partial charge in [-0.3, -0.25) is 28.5 Å². The molecule has 0 saturated carbocycles. The highest BCUT2D eigenvalue weighted by atomic mass is 31.2. The zero-order chi connectivity index (χ0) is 79.9. The Labute approximate surface area is 671 Å². The molecule has 0 aliphatic carbocycles. The Morgan fingerprint density at radius 1 is 0.432 bits per heavy atom. The smallest absolute Gasteiger partial charge is 0.462 e. The summed E-state index contributed by atoms with van der Waals surface area (Å²) in [6.07, 6.45) is 34.5. The summed E-state index contributed by atoms with van der Waals surface area (Å²) in [7, 11) is -4.91. The van der Waals surface area contributed by atoms with E-state index >= 15 is 9.36 Å². The topological polar surface area (TPSA) is 239 Å². The maximum atomic E-state index is 15.8. The standard InChI is InChI=1S/C91H151N2O17P/c1-7-13-19-25-28-31-34-37-45-57-77(103-84(96)64-52-22-16-10-4)67-68-92-88-90(107-87(99)70-81(105-86(98)66-54-24-18-12-6)63-47-39-36-33-30-27-21-15-9-3)89(110-111(100,108-78-58-48-41-49-59-78)109-79-60-50-42-51-61-79)82(71-94)106-91(88)102-74-76(73-101-72-75-55-43-40-44-56-75)93-83(95)69-80(104-85(97)65-53-23-17-11-5)62-46-38-35-32-29-26-20-14-8-2/h40-44,48-51,55-56,58-61,76-77,80-82,88-92,94H,7-39,45-47,52-54,57,62-74H2,1-6H3,(H,93,95)/t76-,77+,80+,81+,82+,88+,89+,90+,91+/m0/s1. The minimum absolute atomic E-state index is 0.0436. The molecule has 0 bridgehead atoms. The van der Waals surface area contributed by atoms with Crippen molar-refractivity contribution in [2.45, 2.75) is 411 Å². The molecule has 9 atom stereocenters. The van der Waals surface area contributed by atoms with Crippen LogP contribution >= 0.6 is 7.82 Å². The Bertz CT molecular complexity index is 2780. The zero-order valence-corrected chi connectivity index (χ0v) is 70.7. The third-order valence-electron chi connectivity index (χ3n) is 20.7. The van der Waals surface area contributed by atoms with Crippen LogP contribution in [-0.2, 0) is 72.8 Å². The summed E-state index contributed by atoms with van der Waals surface area (Å²) in [6.45, 7) is 12.3. The lowest BCUT2D eigenvalue weighted by atomic mass is 9.96. The van der Waals surface area contributed by atoms with Gasteiger partial charge in [-0.1, -0.05) is 320 Å². The number of hydrogen-bond acceptors (Lipinski definition) is 18. The first-order valence-corrected chi connectivity index (χ1v) is 45.8. The van der Waals surface area contributed by atoms with Gasteiger partial charge < -0.3 is 57.9 Å². The molecule has 1 heterocycles. The van der Waals surface area contributed by atoms with Crippen molar-refractivity contribution < 1.29 is 80.4 Å². The van der Waals surface area contributed by atoms with Crippen LogP contribution in [0.1, 0.15) is 355 Å². The van der Waals surface area contributed by atoms with E-state index < -0.39 is 81.4 Å². The molecule has 0 spiro atoms. The van der Waals surface area contributed by atoms with Crippen LogP contribution in [0.5, 0.6) is 11.5 Å². The van der Waals surface area contributed by atoms with Gasteiger partial charge in [0.05, 0.1) is 51.4 Å². The van der Waals surface area contributed by atoms with Crippen LogP contribution < -0.4 is 19.7 Å². The fourth-order valence-electron chi connectivity index (χ4n) is 14.2. The fourth-order valence-corrected chi connectivity index (χ4v) is 15.6. The van der Waals surface area contributed by atoms with Gasteiger partial charge in [-0.05, 0) is 101 Å². The maximum Gasteiger partial charge on any atom is 0.588 e. The van der Waals surface area contributed by atoms with E-state index in [-0.39, 0.29) is 87.8 Å². The highest BCUT2D eigenvalue weighted by Gasteiger charge is 2.53. The summed E-state index contributed by atoms with van der Waals surface area (Å²) in [5, 5.41) is 18.5. The van der Waals surface area contributed by atoms with Crippen LogP contribution in [0, 0.1) is 0 Å². The molecule has 3 aromatic carbocycles. The number of esters is 4. The third kappa shape index (κ3) is 47.9. The Morgan fingerprint density at radius 3 is 1.23 bits per heavy atom. The van der Waals surface area contributed by atoms with Crippen molar-refractivity contribution in [1.82, 2.24) is 10.6 Å². The molecule has 632 valence electrons. The van der Waals surface area contributed by atoms with E-state index in [4.69, 9.17) is 46.7 Å². The van der Waals surface area contributed by atoms with Gasteiger partial charge in [0.25, 0.3) is 0 Å². The molecular weight excluding hydrogens is 1420 g/mol. The number of carbonyl (C=O) groups excluding carboxylic acids is 5. The van der Waals surface area contributed by atoms with E-state index in [2.05, 4.69) is 52.2 Å². The highest BCUT2D eigenvalue weighted by molar-refractivity contribution is 7.49. The van der Waals surface area contributed by atoms with Crippen LogP contribution in [0.3, 0.4) is 0 Å². The molecule has 1 fully saturated rings. The summed E-state index contributed by atoms with van der Waals surface area (Å²) in [4.78, 5) is 71.2. The van der Waals surface area contributed by atoms with Crippen molar-refractivity contribution in [1.29, 1.82) is 0 Å². The Hall–Kier alpha value is -5.40. The Morgan fingerprint density at radius 2 is 0.811 bits per heavy atom. The maximum absolute atomic E-state index is 15.8. The molecule has 0 radical (unpaired) electrons. The Kier molecular flexibility index (Phi) is 57.2. The normalized spacial score (nSPS) is 16.8. The number of hydrogen-bond donors (Lipinski definition) is 3. The van der Waals surface area contributed by atoms with Crippen molar-refractivity contribution in [2.24, 2.45) is 0 Å². The van der Waals surface area contributed by atoms with Crippen LogP contribution in [0.15, 0.2) is 91.0 Å². The lowest BCUT2D eigenvalue weighted by Gasteiger charge is -2.46. The van der Waals surface area contributed by atoms with E-state index in [1.54, 1.807) is 60.7 Å². The molecular formula is C91H151N2O17P. The molecule has 0 unspecified atom stereocenters. The number of ether oxygens (including phenoxy) is 7.